The Morgan fingerprint density at radius 2 is 1.11 bits per heavy atom. The molecule has 46 heavy (non-hydrogen) atoms. The lowest BCUT2D eigenvalue weighted by atomic mass is 9.94. The zero-order valence-electron chi connectivity index (χ0n) is 25.3. The van der Waals surface area contributed by atoms with Crippen molar-refractivity contribution in [2.75, 3.05) is 28.2 Å². The Morgan fingerprint density at radius 3 is 1.61 bits per heavy atom. The lowest BCUT2D eigenvalue weighted by Gasteiger charge is -2.29. The molecule has 3 aliphatic heterocycles. The maximum Gasteiger partial charge on any atom is 0.333 e. The molecule has 3 aliphatic rings. The van der Waals surface area contributed by atoms with Gasteiger partial charge < -0.3 is 21.3 Å². The number of nitrogens with zero attached hydrogens (tertiary/aromatic N) is 4. The quantitative estimate of drug-likeness (QED) is 0.198. The summed E-state index contributed by atoms with van der Waals surface area (Å²) < 4.78 is 0. The highest BCUT2D eigenvalue weighted by Gasteiger charge is 2.43. The predicted molar refractivity (Wildman–Crippen MR) is 171 cm³/mol. The molecule has 0 bridgehead atoms. The van der Waals surface area contributed by atoms with Gasteiger partial charge in [0.1, 0.15) is 22.8 Å². The minimum atomic E-state index is -0.776. The Morgan fingerprint density at radius 1 is 0.652 bits per heavy atom. The summed E-state index contributed by atoms with van der Waals surface area (Å²) in [6.07, 6.45) is 0. The molecule has 13 nitrogen and oxygen atoms in total. The molecule has 6 rings (SSSR count). The molecule has 0 aromatic heterocycles. The van der Waals surface area contributed by atoms with Crippen LogP contribution in [0.5, 0.6) is 0 Å². The van der Waals surface area contributed by atoms with E-state index in [1.807, 2.05) is 36.4 Å². The highest BCUT2D eigenvalue weighted by molar-refractivity contribution is 6.34. The van der Waals surface area contributed by atoms with Crippen molar-refractivity contribution >= 4 is 64.1 Å². The molecule has 3 aromatic rings. The number of rotatable bonds is 4. The van der Waals surface area contributed by atoms with Crippen LogP contribution in [0.3, 0.4) is 0 Å². The Labute approximate surface area is 263 Å². The van der Waals surface area contributed by atoms with Crippen LogP contribution in [0.15, 0.2) is 93.9 Å². The van der Waals surface area contributed by atoms with Crippen molar-refractivity contribution in [2.24, 2.45) is 9.98 Å². The van der Waals surface area contributed by atoms with Crippen LogP contribution in [0.4, 0.5) is 16.2 Å². The maximum absolute atomic E-state index is 13.4. The normalized spacial score (nSPS) is 17.2. The summed E-state index contributed by atoms with van der Waals surface area (Å²) in [5.41, 5.74) is 3.02. The van der Waals surface area contributed by atoms with E-state index in [0.29, 0.717) is 45.3 Å². The van der Waals surface area contributed by atoms with Crippen molar-refractivity contribution in [2.45, 2.75) is 0 Å². The fourth-order valence-corrected chi connectivity index (χ4v) is 5.36. The fraction of sp³-hybridized carbons (Fsp3) is 0.121. The number of hydrogen-bond acceptors (Lipinski definition) is 7. The molecular weight excluding hydrogens is 588 g/mol. The second-order valence-corrected chi connectivity index (χ2v) is 10.5. The molecular formula is C33H28N8O5. The van der Waals surface area contributed by atoms with Crippen molar-refractivity contribution in [3.8, 4) is 0 Å². The van der Waals surface area contributed by atoms with Gasteiger partial charge in [-0.05, 0) is 36.4 Å². The average Bonchev–Trinajstić information content (AvgIpc) is 3.59. The average molecular weight is 617 g/mol. The first kappa shape index (κ1) is 29.7. The van der Waals surface area contributed by atoms with Gasteiger partial charge in [-0.2, -0.15) is 0 Å². The maximum atomic E-state index is 13.4. The zero-order chi connectivity index (χ0) is 32.7. The van der Waals surface area contributed by atoms with Gasteiger partial charge in [-0.25, -0.2) is 14.8 Å². The number of para-hydroxylation sites is 2. The van der Waals surface area contributed by atoms with Gasteiger partial charge in [0.25, 0.3) is 23.6 Å². The van der Waals surface area contributed by atoms with Gasteiger partial charge in [0.15, 0.2) is 0 Å². The van der Waals surface area contributed by atoms with Crippen molar-refractivity contribution in [3.63, 3.8) is 0 Å². The Hall–Kier alpha value is -6.37. The van der Waals surface area contributed by atoms with Crippen molar-refractivity contribution < 1.29 is 24.0 Å². The van der Waals surface area contributed by atoms with Crippen molar-refractivity contribution in [1.29, 1.82) is 0 Å². The van der Waals surface area contributed by atoms with Crippen LogP contribution in [-0.2, 0) is 19.2 Å². The molecule has 1 saturated heterocycles. The molecule has 0 saturated carbocycles. The lowest BCUT2D eigenvalue weighted by Crippen LogP contribution is -2.53. The second kappa shape index (κ2) is 11.6. The molecule has 0 unspecified atom stereocenters. The van der Waals surface area contributed by atoms with E-state index in [4.69, 9.17) is 9.98 Å². The summed E-state index contributed by atoms with van der Waals surface area (Å²) in [5.74, 6) is -2.16. The topological polar surface area (TPSA) is 165 Å². The number of amides is 6. The number of amidine groups is 2. The molecule has 6 amide bonds. The predicted octanol–water partition coefficient (Wildman–Crippen LogP) is 2.01. The van der Waals surface area contributed by atoms with Crippen LogP contribution in [0.2, 0.25) is 0 Å². The minimum Gasteiger partial charge on any atom is -0.355 e. The van der Waals surface area contributed by atoms with Crippen LogP contribution in [0.25, 0.3) is 11.4 Å². The Balaban J connectivity index is 1.68. The molecule has 1 fully saturated rings. The van der Waals surface area contributed by atoms with E-state index < -0.39 is 29.7 Å². The second-order valence-electron chi connectivity index (χ2n) is 10.5. The van der Waals surface area contributed by atoms with Crippen LogP contribution in [0, 0.1) is 0 Å². The summed E-state index contributed by atoms with van der Waals surface area (Å²) in [6, 6.07) is 20.8. The van der Waals surface area contributed by atoms with E-state index in [9.17, 15) is 24.0 Å². The van der Waals surface area contributed by atoms with E-state index in [1.165, 1.54) is 28.2 Å². The Kier molecular flexibility index (Phi) is 7.50. The largest absolute Gasteiger partial charge is 0.355 e. The van der Waals surface area contributed by atoms with Gasteiger partial charge in [-0.1, -0.05) is 36.4 Å². The number of hydrogen-bond donors (Lipinski definition) is 4. The number of likely N-dealkylation sites (N-methyl/N-ethyl adjacent to an activating group) is 4. The van der Waals surface area contributed by atoms with Crippen LogP contribution in [-0.4, -0.2) is 79.3 Å². The molecule has 4 N–H and O–H groups in total. The van der Waals surface area contributed by atoms with Crippen molar-refractivity contribution in [1.82, 2.24) is 31.1 Å². The summed E-state index contributed by atoms with van der Waals surface area (Å²) in [7, 11) is 5.45. The third kappa shape index (κ3) is 4.89. The van der Waals surface area contributed by atoms with Gasteiger partial charge in [-0.3, -0.25) is 29.0 Å². The number of barbiturate groups is 1. The van der Waals surface area contributed by atoms with Gasteiger partial charge in [0.05, 0.1) is 22.8 Å². The molecule has 230 valence electrons. The van der Waals surface area contributed by atoms with E-state index in [-0.39, 0.29) is 22.5 Å². The molecule has 0 radical (unpaired) electrons. The van der Waals surface area contributed by atoms with Gasteiger partial charge in [-0.15, -0.1) is 0 Å². The van der Waals surface area contributed by atoms with E-state index in [0.717, 1.165) is 9.80 Å². The zero-order valence-corrected chi connectivity index (χ0v) is 25.3. The summed E-state index contributed by atoms with van der Waals surface area (Å²) >= 11 is 0. The number of imide groups is 2. The van der Waals surface area contributed by atoms with Gasteiger partial charge in [0, 0.05) is 50.4 Å². The molecule has 13 heteroatoms. The SMILES string of the molecule is CNC(=O)C(C(=O)NC)=C1NC(=Nc2ccccc2)c2cc3c(cc21)C(=Nc1ccccc1)NC3=C1C(=O)N(C)C(=O)N(C)C1=O. The highest BCUT2D eigenvalue weighted by Crippen LogP contribution is 2.38. The van der Waals surface area contributed by atoms with Crippen molar-refractivity contribution in [3.05, 3.63) is 106 Å². The highest BCUT2D eigenvalue weighted by atomic mass is 16.2. The number of aliphatic imine (C=N–C) groups is 2. The first-order valence-electron chi connectivity index (χ1n) is 14.2. The van der Waals surface area contributed by atoms with Crippen LogP contribution < -0.4 is 21.3 Å². The van der Waals surface area contributed by atoms with Crippen LogP contribution >= 0.6 is 0 Å². The summed E-state index contributed by atoms with van der Waals surface area (Å²) in [4.78, 5) is 76.8. The van der Waals surface area contributed by atoms with Gasteiger partial charge in [0.2, 0.25) is 0 Å². The molecule has 3 heterocycles. The molecule has 0 aliphatic carbocycles. The fourth-order valence-electron chi connectivity index (χ4n) is 5.36. The number of benzene rings is 3. The van der Waals surface area contributed by atoms with Crippen LogP contribution in [0.1, 0.15) is 22.3 Å². The molecule has 0 atom stereocenters. The van der Waals surface area contributed by atoms with Gasteiger partial charge >= 0.3 is 6.03 Å². The lowest BCUT2D eigenvalue weighted by molar-refractivity contribution is -0.134. The number of nitrogens with one attached hydrogen (secondary N) is 4. The Bertz CT molecular complexity index is 1940. The smallest absolute Gasteiger partial charge is 0.333 e. The minimum absolute atomic E-state index is 0.156. The monoisotopic (exact) mass is 616 g/mol. The standard InChI is InChI=1S/C33H28N8O5/c1-34-29(42)23(30(43)35-2)25-19-15-22-20(16-21(19)27(38-25)36-17-11-7-5-8-12-17)26(39-28(22)37-18-13-9-6-10-14-18)24-31(44)40(3)33(46)41(4)32(24)45/h5-16H,1-4H3,(H,34,42)(H,35,43)(H,36,38)(H,37,39). The van der Waals surface area contributed by atoms with E-state index >= 15 is 0 Å². The number of fused-ring (bicyclic) bond motifs is 2. The first-order chi connectivity index (χ1) is 22.1. The number of carbonyl (C=O) groups excluding carboxylic acids is 5. The first-order valence-corrected chi connectivity index (χ1v) is 14.2. The molecule has 0 spiro atoms. The third-order valence-electron chi connectivity index (χ3n) is 7.71. The number of urea groups is 1. The third-order valence-corrected chi connectivity index (χ3v) is 7.71. The molecule has 3 aromatic carbocycles. The van der Waals surface area contributed by atoms with E-state index in [1.54, 1.807) is 36.4 Å². The summed E-state index contributed by atoms with van der Waals surface area (Å²) in [5, 5.41) is 11.4. The summed E-state index contributed by atoms with van der Waals surface area (Å²) in [6.45, 7) is 0. The van der Waals surface area contributed by atoms with E-state index in [2.05, 4.69) is 21.3 Å². The number of carbonyl (C=O) groups is 5.